The number of pyridine rings is 1. The van der Waals surface area contributed by atoms with E-state index in [2.05, 4.69) is 15.3 Å². The molecule has 9 heteroatoms. The Morgan fingerprint density at radius 1 is 1.38 bits per heavy atom. The van der Waals surface area contributed by atoms with Crippen molar-refractivity contribution >= 4 is 28.6 Å². The van der Waals surface area contributed by atoms with Crippen molar-refractivity contribution in [1.29, 1.82) is 0 Å². The van der Waals surface area contributed by atoms with E-state index in [9.17, 15) is 9.59 Å². The summed E-state index contributed by atoms with van der Waals surface area (Å²) in [6.45, 7) is 1.59. The number of hydrogen-bond donors (Lipinski definition) is 2. The van der Waals surface area contributed by atoms with Gasteiger partial charge in [-0.3, -0.25) is 14.3 Å². The smallest absolute Gasteiger partial charge is 0.405 e. The third-order valence-corrected chi connectivity index (χ3v) is 4.11. The third kappa shape index (κ3) is 3.18. The molecule has 26 heavy (non-hydrogen) atoms. The lowest BCUT2D eigenvalue weighted by atomic mass is 10.2. The van der Waals surface area contributed by atoms with E-state index in [1.165, 1.54) is 24.1 Å². The molecule has 3 aromatic rings. The number of carbonyl (C=O) groups is 1. The second-order valence-corrected chi connectivity index (χ2v) is 5.91. The Bertz CT molecular complexity index is 1050. The number of amides is 1. The van der Waals surface area contributed by atoms with Gasteiger partial charge in [0.25, 0.3) is 5.56 Å². The Morgan fingerprint density at radius 2 is 2.15 bits per heavy atom. The van der Waals surface area contributed by atoms with Crippen LogP contribution in [0.2, 0.25) is 5.02 Å². The first kappa shape index (κ1) is 17.7. The number of nitrogens with one attached hydrogen (secondary N) is 1. The molecule has 0 saturated heterocycles. The van der Waals surface area contributed by atoms with E-state index in [1.54, 1.807) is 31.2 Å². The highest BCUT2D eigenvalue weighted by atomic mass is 35.5. The predicted octanol–water partition coefficient (Wildman–Crippen LogP) is 2.77. The zero-order valence-corrected chi connectivity index (χ0v) is 14.7. The van der Waals surface area contributed by atoms with E-state index in [1.807, 2.05) is 0 Å². The monoisotopic (exact) mass is 374 g/mol. The molecular formula is C17H15ClN4O4. The molecule has 0 aliphatic heterocycles. The fraction of sp³-hybridized carbons (Fsp3) is 0.176. The minimum atomic E-state index is -1.23. The van der Waals surface area contributed by atoms with Crippen LogP contribution in [0.3, 0.4) is 0 Å². The lowest BCUT2D eigenvalue weighted by Gasteiger charge is -2.18. The zero-order chi connectivity index (χ0) is 18.8. The van der Waals surface area contributed by atoms with Gasteiger partial charge in [-0.05, 0) is 19.1 Å². The zero-order valence-electron chi connectivity index (χ0n) is 13.9. The van der Waals surface area contributed by atoms with Gasteiger partial charge in [0.05, 0.1) is 47.2 Å². The maximum atomic E-state index is 13.2. The number of rotatable bonds is 4. The fourth-order valence-electron chi connectivity index (χ4n) is 2.64. The molecule has 0 saturated carbocycles. The average molecular weight is 375 g/mol. The summed E-state index contributed by atoms with van der Waals surface area (Å²) in [6.07, 6.45) is 1.73. The van der Waals surface area contributed by atoms with Gasteiger partial charge in [0.1, 0.15) is 11.6 Å². The van der Waals surface area contributed by atoms with Crippen LogP contribution in [0.4, 0.5) is 4.79 Å². The Morgan fingerprint density at radius 3 is 2.85 bits per heavy atom. The van der Waals surface area contributed by atoms with Crippen LogP contribution in [-0.4, -0.2) is 32.8 Å². The van der Waals surface area contributed by atoms with Crippen molar-refractivity contribution in [2.75, 3.05) is 7.11 Å². The first-order valence-corrected chi connectivity index (χ1v) is 8.00. The Balaban J connectivity index is 2.36. The summed E-state index contributed by atoms with van der Waals surface area (Å²) in [5, 5.41) is 11.8. The molecule has 3 rings (SSSR count). The summed E-state index contributed by atoms with van der Waals surface area (Å²) in [4.78, 5) is 32.7. The van der Waals surface area contributed by atoms with Crippen LogP contribution in [0, 0.1) is 0 Å². The van der Waals surface area contributed by atoms with Crippen molar-refractivity contribution < 1.29 is 14.6 Å². The van der Waals surface area contributed by atoms with Gasteiger partial charge in [0.2, 0.25) is 0 Å². The molecule has 0 fully saturated rings. The lowest BCUT2D eigenvalue weighted by molar-refractivity contribution is 0.190. The molecule has 1 amide bonds. The number of halogens is 1. The van der Waals surface area contributed by atoms with Crippen LogP contribution in [0.25, 0.3) is 16.6 Å². The molecular weight excluding hydrogens is 360 g/mol. The normalized spacial score (nSPS) is 12.0. The summed E-state index contributed by atoms with van der Waals surface area (Å²) >= 11 is 6.19. The number of aromatic nitrogens is 3. The number of carboxylic acid groups (broad SMARTS) is 1. The van der Waals surface area contributed by atoms with Gasteiger partial charge in [-0.1, -0.05) is 17.7 Å². The average Bonchev–Trinajstić information content (AvgIpc) is 2.60. The maximum Gasteiger partial charge on any atom is 0.405 e. The van der Waals surface area contributed by atoms with Crippen molar-refractivity contribution in [3.05, 3.63) is 57.9 Å². The molecule has 0 radical (unpaired) electrons. The van der Waals surface area contributed by atoms with Gasteiger partial charge >= 0.3 is 6.09 Å². The highest BCUT2D eigenvalue weighted by molar-refractivity contribution is 6.35. The highest BCUT2D eigenvalue weighted by Gasteiger charge is 2.20. The van der Waals surface area contributed by atoms with Crippen LogP contribution in [0.5, 0.6) is 5.75 Å². The van der Waals surface area contributed by atoms with E-state index in [0.717, 1.165) is 0 Å². The molecule has 1 aromatic carbocycles. The van der Waals surface area contributed by atoms with Crippen molar-refractivity contribution in [2.24, 2.45) is 0 Å². The molecule has 0 aliphatic rings. The van der Waals surface area contributed by atoms with Gasteiger partial charge in [-0.15, -0.1) is 0 Å². The molecule has 134 valence electrons. The van der Waals surface area contributed by atoms with Gasteiger partial charge < -0.3 is 15.2 Å². The largest absolute Gasteiger partial charge is 0.495 e. The molecule has 0 bridgehead atoms. The summed E-state index contributed by atoms with van der Waals surface area (Å²) in [5.74, 6) is 0.653. The van der Waals surface area contributed by atoms with Crippen molar-refractivity contribution in [2.45, 2.75) is 13.0 Å². The second kappa shape index (κ2) is 7.01. The van der Waals surface area contributed by atoms with E-state index >= 15 is 0 Å². The van der Waals surface area contributed by atoms with Crippen LogP contribution in [0.15, 0.2) is 41.5 Å². The Hall–Kier alpha value is -3.13. The van der Waals surface area contributed by atoms with Gasteiger partial charge in [0.15, 0.2) is 0 Å². The molecule has 0 aliphatic carbocycles. The summed E-state index contributed by atoms with van der Waals surface area (Å²) in [6, 6.07) is 5.77. The molecule has 8 nitrogen and oxygen atoms in total. The van der Waals surface area contributed by atoms with E-state index < -0.39 is 17.7 Å². The second-order valence-electron chi connectivity index (χ2n) is 5.50. The maximum absolute atomic E-state index is 13.2. The highest BCUT2D eigenvalue weighted by Crippen LogP contribution is 2.23. The molecule has 2 aromatic heterocycles. The van der Waals surface area contributed by atoms with E-state index in [4.69, 9.17) is 21.4 Å². The standard InChI is InChI=1S/C17H15ClN4O4/c1-9(20-17(24)25)15-21-13-5-3-4-12(18)14(13)16(23)22(15)10-6-11(26-2)8-19-7-10/h3-9,20H,1-2H3,(H,24,25)/t9-/m0/s1. The van der Waals surface area contributed by atoms with Gasteiger partial charge in [-0.2, -0.15) is 0 Å². The summed E-state index contributed by atoms with van der Waals surface area (Å²) in [5.41, 5.74) is 0.339. The topological polar surface area (TPSA) is 106 Å². The summed E-state index contributed by atoms with van der Waals surface area (Å²) in [7, 11) is 1.48. The van der Waals surface area contributed by atoms with Gasteiger partial charge in [0, 0.05) is 6.07 Å². The molecule has 1 atom stereocenters. The van der Waals surface area contributed by atoms with Crippen LogP contribution in [0.1, 0.15) is 18.8 Å². The van der Waals surface area contributed by atoms with Crippen LogP contribution >= 0.6 is 11.6 Å². The number of methoxy groups -OCH3 is 1. The van der Waals surface area contributed by atoms with Crippen molar-refractivity contribution in [3.8, 4) is 11.4 Å². The first-order valence-electron chi connectivity index (χ1n) is 7.62. The number of ether oxygens (including phenoxy) is 1. The minimum Gasteiger partial charge on any atom is -0.495 e. The van der Waals surface area contributed by atoms with E-state index in [-0.39, 0.29) is 16.2 Å². The lowest BCUT2D eigenvalue weighted by Crippen LogP contribution is -2.32. The van der Waals surface area contributed by atoms with Crippen LogP contribution < -0.4 is 15.6 Å². The Kier molecular flexibility index (Phi) is 4.77. The molecule has 2 N–H and O–H groups in total. The number of fused-ring (bicyclic) bond motifs is 1. The van der Waals surface area contributed by atoms with Crippen LogP contribution in [-0.2, 0) is 0 Å². The Labute approximate surface area is 153 Å². The quantitative estimate of drug-likeness (QED) is 0.727. The SMILES string of the molecule is COc1cncc(-n2c([C@H](C)NC(=O)O)nc3cccc(Cl)c3c2=O)c1. The minimum absolute atomic E-state index is 0.210. The first-order chi connectivity index (χ1) is 12.4. The number of hydrogen-bond acceptors (Lipinski definition) is 5. The third-order valence-electron chi connectivity index (χ3n) is 3.79. The van der Waals surface area contributed by atoms with Gasteiger partial charge in [-0.25, -0.2) is 9.78 Å². The molecule has 2 heterocycles. The number of nitrogens with zero attached hydrogens (tertiary/aromatic N) is 3. The molecule has 0 unspecified atom stereocenters. The van der Waals surface area contributed by atoms with E-state index in [0.29, 0.717) is 17.0 Å². The fourth-order valence-corrected chi connectivity index (χ4v) is 2.89. The van der Waals surface area contributed by atoms with Crippen molar-refractivity contribution in [3.63, 3.8) is 0 Å². The number of benzene rings is 1. The molecule has 0 spiro atoms. The summed E-state index contributed by atoms with van der Waals surface area (Å²) < 4.78 is 6.44. The predicted molar refractivity (Wildman–Crippen MR) is 96.3 cm³/mol. The van der Waals surface area contributed by atoms with Crippen molar-refractivity contribution in [1.82, 2.24) is 19.9 Å².